The van der Waals surface area contributed by atoms with Crippen LogP contribution in [-0.4, -0.2) is 53.0 Å². The van der Waals surface area contributed by atoms with E-state index in [0.717, 1.165) is 30.6 Å². The number of ether oxygens (including phenoxy) is 1. The summed E-state index contributed by atoms with van der Waals surface area (Å²) >= 11 is 0. The monoisotopic (exact) mass is 422 g/mol. The Morgan fingerprint density at radius 1 is 1.27 bits per heavy atom. The van der Waals surface area contributed by atoms with E-state index in [1.165, 1.54) is 0 Å². The third-order valence-corrected chi connectivity index (χ3v) is 6.82. The SMILES string of the molecule is N[C@H](c1nc2c(F)c(C3COCC3C(=O)N3CC(F)(F)C3)ccc2[nH]1)C1CCCC1. The molecule has 2 aromatic rings. The van der Waals surface area contributed by atoms with E-state index < -0.39 is 42.6 Å². The van der Waals surface area contributed by atoms with Gasteiger partial charge < -0.3 is 20.4 Å². The molecule has 3 atom stereocenters. The van der Waals surface area contributed by atoms with Crippen molar-refractivity contribution < 1.29 is 22.7 Å². The Labute approximate surface area is 172 Å². The lowest BCUT2D eigenvalue weighted by Crippen LogP contribution is -2.60. The van der Waals surface area contributed by atoms with Crippen LogP contribution in [-0.2, 0) is 9.53 Å². The number of nitrogens with one attached hydrogen (secondary N) is 1. The zero-order valence-corrected chi connectivity index (χ0v) is 16.5. The van der Waals surface area contributed by atoms with E-state index in [0.29, 0.717) is 22.8 Å². The second-order valence-electron chi connectivity index (χ2n) is 8.86. The van der Waals surface area contributed by atoms with E-state index in [2.05, 4.69) is 9.97 Å². The van der Waals surface area contributed by atoms with Crippen LogP contribution in [0.2, 0.25) is 0 Å². The molecule has 0 radical (unpaired) electrons. The Bertz CT molecular complexity index is 965. The number of alkyl halides is 2. The molecule has 3 heterocycles. The van der Waals surface area contributed by atoms with Crippen LogP contribution in [0.4, 0.5) is 13.2 Å². The molecule has 3 aliphatic rings. The molecular weight excluding hydrogens is 397 g/mol. The van der Waals surface area contributed by atoms with Gasteiger partial charge in [-0.3, -0.25) is 4.79 Å². The standard InChI is InChI=1S/C21H25F3N4O2/c22-16-12(13-7-30-8-14(13)20(29)28-9-21(23,24)10-28)5-6-15-18(16)27-19(26-15)17(25)11-3-1-2-4-11/h5-6,11,13-14,17H,1-4,7-10,25H2,(H,26,27)/t13?,14?,17-/m0/s1. The van der Waals surface area contributed by atoms with E-state index >= 15 is 4.39 Å². The van der Waals surface area contributed by atoms with Crippen LogP contribution in [0.25, 0.3) is 11.0 Å². The second-order valence-corrected chi connectivity index (χ2v) is 8.86. The molecule has 1 amide bonds. The maximum Gasteiger partial charge on any atom is 0.282 e. The van der Waals surface area contributed by atoms with Gasteiger partial charge in [0, 0.05) is 5.92 Å². The quantitative estimate of drug-likeness (QED) is 0.793. The fourth-order valence-electron chi connectivity index (χ4n) is 5.07. The Morgan fingerprint density at radius 3 is 2.70 bits per heavy atom. The molecule has 9 heteroatoms. The number of imidazole rings is 1. The fraction of sp³-hybridized carbons (Fsp3) is 0.619. The minimum atomic E-state index is -2.84. The zero-order chi connectivity index (χ0) is 21.0. The molecular formula is C21H25F3N4O2. The first kappa shape index (κ1) is 19.8. The zero-order valence-electron chi connectivity index (χ0n) is 16.5. The molecule has 0 bridgehead atoms. The summed E-state index contributed by atoms with van der Waals surface area (Å²) in [5.74, 6) is -4.03. The summed E-state index contributed by atoms with van der Waals surface area (Å²) in [5.41, 5.74) is 7.45. The molecule has 2 aliphatic heterocycles. The third kappa shape index (κ3) is 3.28. The summed E-state index contributed by atoms with van der Waals surface area (Å²) in [6.07, 6.45) is 4.39. The lowest BCUT2D eigenvalue weighted by atomic mass is 9.86. The van der Waals surface area contributed by atoms with Gasteiger partial charge in [-0.1, -0.05) is 18.9 Å². The topological polar surface area (TPSA) is 84.2 Å². The van der Waals surface area contributed by atoms with E-state index in [9.17, 15) is 13.6 Å². The predicted molar refractivity (Wildman–Crippen MR) is 104 cm³/mol. The molecule has 1 aliphatic carbocycles. The average Bonchev–Trinajstić information content (AvgIpc) is 3.45. The first-order chi connectivity index (χ1) is 14.3. The van der Waals surface area contributed by atoms with Crippen molar-refractivity contribution in [1.29, 1.82) is 0 Å². The number of likely N-dealkylation sites (tertiary alicyclic amines) is 1. The maximum atomic E-state index is 15.4. The number of fused-ring (bicyclic) bond motifs is 1. The van der Waals surface area contributed by atoms with Gasteiger partial charge in [0.25, 0.3) is 5.92 Å². The smallest absolute Gasteiger partial charge is 0.282 e. The first-order valence-corrected chi connectivity index (χ1v) is 10.5. The summed E-state index contributed by atoms with van der Waals surface area (Å²) < 4.78 is 47.2. The van der Waals surface area contributed by atoms with Crippen molar-refractivity contribution >= 4 is 16.9 Å². The summed E-state index contributed by atoms with van der Waals surface area (Å²) in [7, 11) is 0. The molecule has 1 aromatic heterocycles. The number of aromatic nitrogens is 2. The molecule has 5 rings (SSSR count). The molecule has 3 N–H and O–H groups in total. The van der Waals surface area contributed by atoms with Crippen molar-refractivity contribution in [2.75, 3.05) is 26.3 Å². The number of halogens is 3. The highest BCUT2D eigenvalue weighted by Gasteiger charge is 2.50. The Balaban J connectivity index is 1.41. The van der Waals surface area contributed by atoms with Crippen LogP contribution >= 0.6 is 0 Å². The number of hydrogen-bond acceptors (Lipinski definition) is 4. The second kappa shape index (κ2) is 7.23. The van der Waals surface area contributed by atoms with Crippen LogP contribution in [0.3, 0.4) is 0 Å². The molecule has 1 saturated carbocycles. The van der Waals surface area contributed by atoms with Crippen LogP contribution in [0, 0.1) is 17.7 Å². The van der Waals surface area contributed by atoms with E-state index in [-0.39, 0.29) is 24.8 Å². The van der Waals surface area contributed by atoms with Crippen molar-refractivity contribution in [3.63, 3.8) is 0 Å². The van der Waals surface area contributed by atoms with Gasteiger partial charge in [0.15, 0.2) is 5.82 Å². The van der Waals surface area contributed by atoms with Gasteiger partial charge in [-0.05, 0) is 30.4 Å². The highest BCUT2D eigenvalue weighted by Crippen LogP contribution is 2.39. The number of hydrogen-bond donors (Lipinski definition) is 2. The Kier molecular flexibility index (Phi) is 4.77. The molecule has 2 unspecified atom stereocenters. The molecule has 2 saturated heterocycles. The lowest BCUT2D eigenvalue weighted by molar-refractivity contribution is -0.169. The number of carbonyl (C=O) groups is 1. The Morgan fingerprint density at radius 2 is 2.00 bits per heavy atom. The number of H-pyrrole nitrogens is 1. The average molecular weight is 422 g/mol. The summed E-state index contributed by atoms with van der Waals surface area (Å²) in [6, 6.07) is 3.11. The van der Waals surface area contributed by atoms with Crippen molar-refractivity contribution in [2.24, 2.45) is 17.6 Å². The van der Waals surface area contributed by atoms with E-state index in [4.69, 9.17) is 10.5 Å². The summed E-state index contributed by atoms with van der Waals surface area (Å²) in [5, 5.41) is 0. The van der Waals surface area contributed by atoms with Gasteiger partial charge >= 0.3 is 0 Å². The number of benzene rings is 1. The number of nitrogens with two attached hydrogens (primary N) is 1. The molecule has 162 valence electrons. The number of amides is 1. The third-order valence-electron chi connectivity index (χ3n) is 6.82. The van der Waals surface area contributed by atoms with Crippen LogP contribution in [0.15, 0.2) is 12.1 Å². The van der Waals surface area contributed by atoms with Gasteiger partial charge in [0.05, 0.1) is 43.8 Å². The molecule has 6 nitrogen and oxygen atoms in total. The van der Waals surface area contributed by atoms with Crippen LogP contribution in [0.1, 0.15) is 49.0 Å². The lowest BCUT2D eigenvalue weighted by Gasteiger charge is -2.40. The van der Waals surface area contributed by atoms with Crippen molar-refractivity contribution in [3.05, 3.63) is 29.3 Å². The van der Waals surface area contributed by atoms with Crippen molar-refractivity contribution in [1.82, 2.24) is 14.9 Å². The highest BCUT2D eigenvalue weighted by atomic mass is 19.3. The first-order valence-electron chi connectivity index (χ1n) is 10.5. The predicted octanol–water partition coefficient (Wildman–Crippen LogP) is 3.10. The van der Waals surface area contributed by atoms with E-state index in [1.807, 2.05) is 0 Å². The largest absolute Gasteiger partial charge is 0.380 e. The number of aromatic amines is 1. The summed E-state index contributed by atoms with van der Waals surface area (Å²) in [4.78, 5) is 21.4. The van der Waals surface area contributed by atoms with Gasteiger partial charge in [-0.25, -0.2) is 18.2 Å². The van der Waals surface area contributed by atoms with E-state index in [1.54, 1.807) is 12.1 Å². The van der Waals surface area contributed by atoms with Crippen LogP contribution < -0.4 is 5.73 Å². The molecule has 0 spiro atoms. The van der Waals surface area contributed by atoms with Crippen molar-refractivity contribution in [2.45, 2.75) is 43.6 Å². The number of nitrogens with zero attached hydrogens (tertiary/aromatic N) is 2. The molecule has 1 aromatic carbocycles. The minimum absolute atomic E-state index is 0.0986. The number of rotatable bonds is 4. The van der Waals surface area contributed by atoms with Crippen LogP contribution in [0.5, 0.6) is 0 Å². The Hall–Kier alpha value is -2.13. The maximum absolute atomic E-state index is 15.4. The fourth-order valence-corrected chi connectivity index (χ4v) is 5.07. The molecule has 30 heavy (non-hydrogen) atoms. The summed E-state index contributed by atoms with van der Waals surface area (Å²) in [6.45, 7) is -0.903. The normalized spacial score (nSPS) is 27.5. The number of carbonyl (C=O) groups excluding carboxylic acids is 1. The molecule has 3 fully saturated rings. The highest BCUT2D eigenvalue weighted by molar-refractivity contribution is 5.82. The van der Waals surface area contributed by atoms with Gasteiger partial charge in [-0.15, -0.1) is 0 Å². The minimum Gasteiger partial charge on any atom is -0.380 e. The van der Waals surface area contributed by atoms with Gasteiger partial charge in [-0.2, -0.15) is 0 Å². The van der Waals surface area contributed by atoms with Crippen molar-refractivity contribution in [3.8, 4) is 0 Å². The van der Waals surface area contributed by atoms with Gasteiger partial charge in [0.1, 0.15) is 11.3 Å². The van der Waals surface area contributed by atoms with Gasteiger partial charge in [0.2, 0.25) is 5.91 Å².